The standard InChI is InChI=1S/C22H19ClN2O5/c1-3-8-29-22(28)16-9-13(4-6-18(16)23)19-7-5-14(30-19)10-15-12(2)17(11-24)21(27)25-20(15)26/h4-7,9-11,24H,3,8H2,1-2H3,(H,25,26,27)/b15-10-,24-11?. The van der Waals surface area contributed by atoms with Crippen LogP contribution in [0.4, 0.5) is 0 Å². The molecule has 0 fully saturated rings. The third-order valence-corrected chi connectivity index (χ3v) is 4.82. The molecular formula is C22H19ClN2O5. The lowest BCUT2D eigenvalue weighted by Gasteiger charge is -2.16. The molecule has 8 heteroatoms. The van der Waals surface area contributed by atoms with E-state index in [9.17, 15) is 14.4 Å². The lowest BCUT2D eigenvalue weighted by atomic mass is 9.96. The average Bonchev–Trinajstić information content (AvgIpc) is 3.18. The van der Waals surface area contributed by atoms with E-state index in [0.29, 0.717) is 35.7 Å². The topological polar surface area (TPSA) is 109 Å². The molecular weight excluding hydrogens is 408 g/mol. The van der Waals surface area contributed by atoms with Crippen LogP contribution < -0.4 is 5.32 Å². The summed E-state index contributed by atoms with van der Waals surface area (Å²) in [4.78, 5) is 36.1. The van der Waals surface area contributed by atoms with Crippen molar-refractivity contribution in [2.75, 3.05) is 6.61 Å². The maximum absolute atomic E-state index is 12.2. The Hall–Kier alpha value is -3.45. The molecule has 0 unspecified atom stereocenters. The summed E-state index contributed by atoms with van der Waals surface area (Å²) in [6.07, 6.45) is 3.10. The molecule has 7 nitrogen and oxygen atoms in total. The second kappa shape index (κ2) is 8.92. The third-order valence-electron chi connectivity index (χ3n) is 4.49. The summed E-state index contributed by atoms with van der Waals surface area (Å²) in [6, 6.07) is 8.23. The van der Waals surface area contributed by atoms with Gasteiger partial charge in [-0.2, -0.15) is 0 Å². The van der Waals surface area contributed by atoms with Crippen LogP contribution in [0.1, 0.15) is 36.4 Å². The highest BCUT2D eigenvalue weighted by Crippen LogP contribution is 2.29. The predicted octanol–water partition coefficient (Wildman–Crippen LogP) is 4.17. The fraction of sp³-hybridized carbons (Fsp3) is 0.182. The zero-order chi connectivity index (χ0) is 21.8. The summed E-state index contributed by atoms with van der Waals surface area (Å²) in [7, 11) is 0. The Morgan fingerprint density at radius 2 is 2.00 bits per heavy atom. The molecule has 0 spiro atoms. The summed E-state index contributed by atoms with van der Waals surface area (Å²) in [5, 5.41) is 9.84. The molecule has 0 saturated carbocycles. The van der Waals surface area contributed by atoms with E-state index in [0.717, 1.165) is 6.21 Å². The Bertz CT molecular complexity index is 1110. The number of carbonyl (C=O) groups is 3. The highest BCUT2D eigenvalue weighted by atomic mass is 35.5. The molecule has 0 aliphatic carbocycles. The van der Waals surface area contributed by atoms with E-state index in [-0.39, 0.29) is 21.7 Å². The van der Waals surface area contributed by atoms with Crippen LogP contribution in [-0.4, -0.2) is 30.6 Å². The molecule has 3 rings (SSSR count). The van der Waals surface area contributed by atoms with Gasteiger partial charge in [-0.3, -0.25) is 14.9 Å². The van der Waals surface area contributed by atoms with Crippen molar-refractivity contribution in [2.45, 2.75) is 20.3 Å². The van der Waals surface area contributed by atoms with Crippen molar-refractivity contribution in [3.63, 3.8) is 0 Å². The van der Waals surface area contributed by atoms with E-state index in [1.807, 2.05) is 6.92 Å². The van der Waals surface area contributed by atoms with Crippen molar-refractivity contribution in [1.82, 2.24) is 5.32 Å². The van der Waals surface area contributed by atoms with Crippen molar-refractivity contribution in [3.05, 3.63) is 63.4 Å². The molecule has 0 radical (unpaired) electrons. The van der Waals surface area contributed by atoms with Crippen molar-refractivity contribution >= 4 is 41.7 Å². The molecule has 154 valence electrons. The number of amides is 2. The number of nitrogens with one attached hydrogen (secondary N) is 2. The second-order valence-electron chi connectivity index (χ2n) is 6.56. The number of benzene rings is 1. The maximum atomic E-state index is 12.2. The number of hydrogen-bond donors (Lipinski definition) is 2. The van der Waals surface area contributed by atoms with Crippen LogP contribution in [0.5, 0.6) is 0 Å². The molecule has 0 bridgehead atoms. The Balaban J connectivity index is 1.94. The number of rotatable bonds is 6. The smallest absolute Gasteiger partial charge is 0.339 e. The van der Waals surface area contributed by atoms with Crippen LogP contribution in [0.25, 0.3) is 17.4 Å². The quantitative estimate of drug-likeness (QED) is 0.312. The first-order chi connectivity index (χ1) is 14.3. The second-order valence-corrected chi connectivity index (χ2v) is 6.96. The number of carbonyl (C=O) groups excluding carboxylic acids is 3. The number of ether oxygens (including phenoxy) is 1. The van der Waals surface area contributed by atoms with Crippen LogP contribution >= 0.6 is 11.6 Å². The highest BCUT2D eigenvalue weighted by molar-refractivity contribution is 6.33. The fourth-order valence-corrected chi connectivity index (χ4v) is 3.10. The van der Waals surface area contributed by atoms with Gasteiger partial charge in [0.1, 0.15) is 11.5 Å². The molecule has 2 N–H and O–H groups in total. The lowest BCUT2D eigenvalue weighted by Crippen LogP contribution is -2.38. The molecule has 30 heavy (non-hydrogen) atoms. The van der Waals surface area contributed by atoms with Crippen LogP contribution in [0.15, 0.2) is 51.5 Å². The van der Waals surface area contributed by atoms with Gasteiger partial charge in [-0.05, 0) is 55.3 Å². The van der Waals surface area contributed by atoms with E-state index in [1.165, 1.54) is 6.08 Å². The van der Waals surface area contributed by atoms with E-state index < -0.39 is 17.8 Å². The molecule has 1 aromatic heterocycles. The van der Waals surface area contributed by atoms with E-state index in [2.05, 4.69) is 5.32 Å². The fourth-order valence-electron chi connectivity index (χ4n) is 2.91. The summed E-state index contributed by atoms with van der Waals surface area (Å²) >= 11 is 6.13. The number of furan rings is 1. The Morgan fingerprint density at radius 1 is 1.23 bits per heavy atom. The largest absolute Gasteiger partial charge is 0.462 e. The van der Waals surface area contributed by atoms with Crippen molar-refractivity contribution in [3.8, 4) is 11.3 Å². The first-order valence-electron chi connectivity index (χ1n) is 9.21. The van der Waals surface area contributed by atoms with Crippen LogP contribution in [0.2, 0.25) is 5.02 Å². The monoisotopic (exact) mass is 426 g/mol. The van der Waals surface area contributed by atoms with Gasteiger partial charge in [0.05, 0.1) is 22.8 Å². The van der Waals surface area contributed by atoms with Crippen LogP contribution in [-0.2, 0) is 14.3 Å². The molecule has 1 aromatic carbocycles. The number of halogens is 1. The maximum Gasteiger partial charge on any atom is 0.339 e. The average molecular weight is 427 g/mol. The van der Waals surface area contributed by atoms with Gasteiger partial charge in [-0.25, -0.2) is 4.79 Å². The molecule has 2 aromatic rings. The minimum Gasteiger partial charge on any atom is -0.462 e. The van der Waals surface area contributed by atoms with Gasteiger partial charge in [-0.1, -0.05) is 18.5 Å². The van der Waals surface area contributed by atoms with Gasteiger partial charge < -0.3 is 14.6 Å². The lowest BCUT2D eigenvalue weighted by molar-refractivity contribution is -0.126. The summed E-state index contributed by atoms with van der Waals surface area (Å²) < 4.78 is 11.0. The number of imide groups is 1. The van der Waals surface area contributed by atoms with Gasteiger partial charge in [0.2, 0.25) is 0 Å². The van der Waals surface area contributed by atoms with E-state index in [4.69, 9.17) is 26.2 Å². The number of esters is 1. The van der Waals surface area contributed by atoms with Gasteiger partial charge in [-0.15, -0.1) is 0 Å². The van der Waals surface area contributed by atoms with Gasteiger partial charge in [0.15, 0.2) is 0 Å². The molecule has 0 atom stereocenters. The SMILES string of the molecule is CCCOC(=O)c1cc(-c2ccc(/C=C3\C(=O)NC(=O)C(C=N)=C3C)o2)ccc1Cl. The number of hydrogen-bond acceptors (Lipinski definition) is 6. The van der Waals surface area contributed by atoms with Crippen molar-refractivity contribution < 1.29 is 23.5 Å². The Labute approximate surface area is 177 Å². The Kier molecular flexibility index (Phi) is 6.32. The molecule has 0 saturated heterocycles. The first kappa shape index (κ1) is 21.3. The predicted molar refractivity (Wildman–Crippen MR) is 112 cm³/mol. The molecule has 1 aliphatic rings. The van der Waals surface area contributed by atoms with Crippen molar-refractivity contribution in [2.24, 2.45) is 0 Å². The zero-order valence-corrected chi connectivity index (χ0v) is 17.1. The molecule has 2 amide bonds. The van der Waals surface area contributed by atoms with E-state index in [1.54, 1.807) is 37.3 Å². The zero-order valence-electron chi connectivity index (χ0n) is 16.4. The normalized spacial score (nSPS) is 15.4. The molecule has 1 aliphatic heterocycles. The highest BCUT2D eigenvalue weighted by Gasteiger charge is 2.26. The summed E-state index contributed by atoms with van der Waals surface area (Å²) in [5.41, 5.74) is 1.58. The minimum absolute atomic E-state index is 0.112. The van der Waals surface area contributed by atoms with E-state index >= 15 is 0 Å². The Morgan fingerprint density at radius 3 is 2.70 bits per heavy atom. The third kappa shape index (κ3) is 4.26. The van der Waals surface area contributed by atoms with Crippen molar-refractivity contribution in [1.29, 1.82) is 5.41 Å². The summed E-state index contributed by atoms with van der Waals surface area (Å²) in [6.45, 7) is 3.79. The minimum atomic E-state index is -0.603. The van der Waals surface area contributed by atoms with Gasteiger partial charge >= 0.3 is 5.97 Å². The summed E-state index contributed by atoms with van der Waals surface area (Å²) in [5.74, 6) is -0.842. The van der Waals surface area contributed by atoms with Crippen LogP contribution in [0.3, 0.4) is 0 Å². The van der Waals surface area contributed by atoms with Gasteiger partial charge in [0, 0.05) is 17.4 Å². The van der Waals surface area contributed by atoms with Gasteiger partial charge in [0.25, 0.3) is 11.8 Å². The molecule has 2 heterocycles. The van der Waals surface area contributed by atoms with Crippen LogP contribution in [0, 0.1) is 5.41 Å². The first-order valence-corrected chi connectivity index (χ1v) is 9.59.